The van der Waals surface area contributed by atoms with Gasteiger partial charge in [0.25, 0.3) is 0 Å². The van der Waals surface area contributed by atoms with Crippen LogP contribution in [0.15, 0.2) is 22.1 Å². The average molecular weight is 394 g/mol. The number of ether oxygens (including phenoxy) is 3. The van der Waals surface area contributed by atoms with Crippen LogP contribution in [0.25, 0.3) is 0 Å². The van der Waals surface area contributed by atoms with Crippen LogP contribution in [0.3, 0.4) is 0 Å². The molecule has 2 rings (SSSR count). The first kappa shape index (κ1) is 22.0. The molecule has 1 aliphatic rings. The highest BCUT2D eigenvalue weighted by atomic mass is 16.7. The number of aliphatic imine (C=N–C) groups is 1. The van der Waals surface area contributed by atoms with Gasteiger partial charge in [-0.3, -0.25) is 9.36 Å². The molecule has 0 spiro atoms. The molecule has 0 N–H and O–H groups in total. The van der Waals surface area contributed by atoms with Crippen molar-refractivity contribution < 1.29 is 19.0 Å². The number of hydrogen-bond donors (Lipinski definition) is 0. The molecule has 2 atom stereocenters. The number of carbonyl (C=O) groups excluding carboxylic acids is 1. The molecule has 9 heteroatoms. The highest BCUT2D eigenvalue weighted by Gasteiger charge is 2.33. The van der Waals surface area contributed by atoms with Crippen molar-refractivity contribution in [1.29, 1.82) is 0 Å². The van der Waals surface area contributed by atoms with E-state index in [0.29, 0.717) is 5.82 Å². The van der Waals surface area contributed by atoms with E-state index in [9.17, 15) is 9.59 Å². The topological polar surface area (TPSA) is 95.3 Å². The van der Waals surface area contributed by atoms with E-state index in [1.165, 1.54) is 4.57 Å². The van der Waals surface area contributed by atoms with Gasteiger partial charge < -0.3 is 19.1 Å². The van der Waals surface area contributed by atoms with Gasteiger partial charge in [-0.05, 0) is 26.3 Å². The first-order valence-corrected chi connectivity index (χ1v) is 9.47. The first-order chi connectivity index (χ1) is 13.2. The molecule has 1 saturated heterocycles. The molecule has 0 amide bonds. The summed E-state index contributed by atoms with van der Waals surface area (Å²) < 4.78 is 17.9. The second kappa shape index (κ2) is 9.79. The molecule has 0 unspecified atom stereocenters. The van der Waals surface area contributed by atoms with Crippen LogP contribution < -0.4 is 5.69 Å². The summed E-state index contributed by atoms with van der Waals surface area (Å²) in [6.45, 7) is 5.98. The standard InChI is InChI=1S/C19H30N4O5/c1-6-7-9-19(2,3)17(24)27-12-16-26-11-15(28-16)23-10-8-14(21-18(23)25)20-13-22(4)5/h8,10,13,15-16H,6-7,9,11-12H2,1-5H3/t15-,16-/m0/s1. The molecular formula is C19H30N4O5. The van der Waals surface area contributed by atoms with Gasteiger partial charge >= 0.3 is 11.7 Å². The zero-order valence-corrected chi connectivity index (χ0v) is 17.3. The SMILES string of the molecule is CCCCC(C)(C)C(=O)OC[C@H]1OC[C@@H](n2ccc(N=CN(C)C)nc2=O)O1. The van der Waals surface area contributed by atoms with E-state index in [0.717, 1.165) is 19.3 Å². The molecule has 0 bridgehead atoms. The number of aromatic nitrogens is 2. The van der Waals surface area contributed by atoms with Gasteiger partial charge in [0.1, 0.15) is 6.61 Å². The molecule has 0 aromatic carbocycles. The van der Waals surface area contributed by atoms with Crippen molar-refractivity contribution in [1.82, 2.24) is 14.5 Å². The smallest absolute Gasteiger partial charge is 0.351 e. The van der Waals surface area contributed by atoms with E-state index in [1.54, 1.807) is 23.5 Å². The van der Waals surface area contributed by atoms with E-state index in [2.05, 4.69) is 16.9 Å². The Labute approximate surface area is 165 Å². The molecule has 9 nitrogen and oxygen atoms in total. The van der Waals surface area contributed by atoms with Crippen LogP contribution in [0.4, 0.5) is 5.82 Å². The molecular weight excluding hydrogens is 364 g/mol. The van der Waals surface area contributed by atoms with Gasteiger partial charge in [0.15, 0.2) is 18.3 Å². The van der Waals surface area contributed by atoms with Crippen LogP contribution >= 0.6 is 0 Å². The number of nitrogens with zero attached hydrogens (tertiary/aromatic N) is 4. The fourth-order valence-corrected chi connectivity index (χ4v) is 2.61. The summed E-state index contributed by atoms with van der Waals surface area (Å²) in [6, 6.07) is 1.62. The molecule has 0 radical (unpaired) electrons. The van der Waals surface area contributed by atoms with Gasteiger partial charge in [0.2, 0.25) is 0 Å². The summed E-state index contributed by atoms with van der Waals surface area (Å²) in [5, 5.41) is 0. The summed E-state index contributed by atoms with van der Waals surface area (Å²) in [7, 11) is 3.65. The molecule has 2 heterocycles. The Morgan fingerprint density at radius 3 is 2.89 bits per heavy atom. The lowest BCUT2D eigenvalue weighted by Crippen LogP contribution is -2.31. The Morgan fingerprint density at radius 1 is 1.50 bits per heavy atom. The van der Waals surface area contributed by atoms with E-state index >= 15 is 0 Å². The van der Waals surface area contributed by atoms with Crippen molar-refractivity contribution >= 4 is 18.1 Å². The van der Waals surface area contributed by atoms with Crippen molar-refractivity contribution in [2.75, 3.05) is 27.3 Å². The van der Waals surface area contributed by atoms with Crippen LogP contribution in [0.1, 0.15) is 46.3 Å². The summed E-state index contributed by atoms with van der Waals surface area (Å²) in [5.74, 6) is 0.0344. The highest BCUT2D eigenvalue weighted by molar-refractivity contribution is 5.75. The number of carbonyl (C=O) groups is 1. The molecule has 1 aromatic heterocycles. The van der Waals surface area contributed by atoms with Crippen LogP contribution in [0.2, 0.25) is 0 Å². The number of rotatable bonds is 9. The molecule has 1 aromatic rings. The highest BCUT2D eigenvalue weighted by Crippen LogP contribution is 2.26. The Kier molecular flexibility index (Phi) is 7.70. The summed E-state index contributed by atoms with van der Waals surface area (Å²) in [4.78, 5) is 34.2. The molecule has 156 valence electrons. The maximum Gasteiger partial charge on any atom is 0.351 e. The fourth-order valence-electron chi connectivity index (χ4n) is 2.61. The van der Waals surface area contributed by atoms with Crippen molar-refractivity contribution in [3.8, 4) is 0 Å². The van der Waals surface area contributed by atoms with Crippen molar-refractivity contribution in [2.24, 2.45) is 10.4 Å². The maximum atomic E-state index is 12.3. The lowest BCUT2D eigenvalue weighted by Gasteiger charge is -2.23. The van der Waals surface area contributed by atoms with Crippen molar-refractivity contribution in [3.05, 3.63) is 22.7 Å². The quantitative estimate of drug-likeness (QED) is 0.359. The number of hydrogen-bond acceptors (Lipinski definition) is 7. The van der Waals surface area contributed by atoms with Crippen molar-refractivity contribution in [2.45, 2.75) is 52.6 Å². The van der Waals surface area contributed by atoms with E-state index < -0.39 is 23.6 Å². The van der Waals surface area contributed by atoms with E-state index in [4.69, 9.17) is 14.2 Å². The number of unbranched alkanes of at least 4 members (excludes halogenated alkanes) is 1. The Hall–Kier alpha value is -2.26. The largest absolute Gasteiger partial charge is 0.460 e. The summed E-state index contributed by atoms with van der Waals surface area (Å²) in [5.41, 5.74) is -1.03. The predicted molar refractivity (Wildman–Crippen MR) is 104 cm³/mol. The molecule has 1 aliphatic heterocycles. The van der Waals surface area contributed by atoms with Crippen LogP contribution in [0, 0.1) is 5.41 Å². The Morgan fingerprint density at radius 2 is 2.25 bits per heavy atom. The average Bonchev–Trinajstić information content (AvgIpc) is 3.11. The van der Waals surface area contributed by atoms with Gasteiger partial charge in [0, 0.05) is 20.3 Å². The summed E-state index contributed by atoms with van der Waals surface area (Å²) >= 11 is 0. The molecule has 28 heavy (non-hydrogen) atoms. The lowest BCUT2D eigenvalue weighted by atomic mass is 9.87. The van der Waals surface area contributed by atoms with E-state index in [-0.39, 0.29) is 19.2 Å². The fraction of sp³-hybridized carbons (Fsp3) is 0.684. The lowest BCUT2D eigenvalue weighted by molar-refractivity contribution is -0.168. The third-order valence-corrected chi connectivity index (χ3v) is 4.34. The second-order valence-electron chi connectivity index (χ2n) is 7.62. The zero-order valence-electron chi connectivity index (χ0n) is 17.3. The van der Waals surface area contributed by atoms with Crippen molar-refractivity contribution in [3.63, 3.8) is 0 Å². The van der Waals surface area contributed by atoms with Gasteiger partial charge in [-0.1, -0.05) is 19.8 Å². The normalized spacial score (nSPS) is 19.9. The Balaban J connectivity index is 1.90. The third kappa shape index (κ3) is 6.13. The first-order valence-electron chi connectivity index (χ1n) is 9.47. The van der Waals surface area contributed by atoms with Gasteiger partial charge in [-0.2, -0.15) is 4.98 Å². The van der Waals surface area contributed by atoms with Crippen LogP contribution in [-0.2, 0) is 19.0 Å². The van der Waals surface area contributed by atoms with Gasteiger partial charge in [0.05, 0.1) is 18.4 Å². The minimum Gasteiger partial charge on any atom is -0.460 e. The van der Waals surface area contributed by atoms with Crippen LogP contribution in [-0.4, -0.2) is 60.4 Å². The molecule has 0 aliphatic carbocycles. The Bertz CT molecular complexity index is 744. The maximum absolute atomic E-state index is 12.3. The zero-order chi connectivity index (χ0) is 20.7. The predicted octanol–water partition coefficient (Wildman–Crippen LogP) is 2.10. The van der Waals surface area contributed by atoms with Crippen LogP contribution in [0.5, 0.6) is 0 Å². The van der Waals surface area contributed by atoms with Gasteiger partial charge in [-0.15, -0.1) is 0 Å². The van der Waals surface area contributed by atoms with Gasteiger partial charge in [-0.25, -0.2) is 9.79 Å². The monoisotopic (exact) mass is 394 g/mol. The van der Waals surface area contributed by atoms with E-state index in [1.807, 2.05) is 27.9 Å². The second-order valence-corrected chi connectivity index (χ2v) is 7.62. The molecule has 0 saturated carbocycles. The number of esters is 1. The summed E-state index contributed by atoms with van der Waals surface area (Å²) in [6.07, 6.45) is 4.54. The minimum atomic E-state index is -0.714. The minimum absolute atomic E-state index is 0.0156. The molecule has 1 fully saturated rings. The third-order valence-electron chi connectivity index (χ3n) is 4.34.